The van der Waals surface area contributed by atoms with Gasteiger partial charge in [0.05, 0.1) is 17.7 Å². The van der Waals surface area contributed by atoms with Gasteiger partial charge in [-0.1, -0.05) is 11.8 Å². The van der Waals surface area contributed by atoms with Gasteiger partial charge < -0.3 is 9.32 Å². The molecular weight excluding hydrogens is 264 g/mol. The van der Waals surface area contributed by atoms with E-state index in [9.17, 15) is 4.79 Å². The van der Waals surface area contributed by atoms with Crippen LogP contribution < -0.4 is 0 Å². The van der Waals surface area contributed by atoms with Crippen LogP contribution in [-0.4, -0.2) is 39.8 Å². The number of carbonyl (C=O) groups excluding carboxylic acids is 1. The van der Waals surface area contributed by atoms with Crippen molar-refractivity contribution in [2.75, 3.05) is 13.6 Å². The molecule has 0 aliphatic heterocycles. The molecule has 1 heterocycles. The van der Waals surface area contributed by atoms with Crippen molar-refractivity contribution < 1.29 is 9.21 Å². The zero-order chi connectivity index (χ0) is 13.8. The summed E-state index contributed by atoms with van der Waals surface area (Å²) in [6, 6.07) is 2.02. The molecule has 1 aromatic heterocycles. The van der Waals surface area contributed by atoms with Gasteiger partial charge in [-0.2, -0.15) is 5.26 Å². The standard InChI is InChI=1S/C12H16N4O2S/c1-8(11(17)16(2)7-3-6-13)19-12-15-14-10(18-12)9-4-5-9/h8-9H,3-5,7H2,1-2H3/t8-/m0/s1. The first-order valence-corrected chi connectivity index (χ1v) is 7.11. The highest BCUT2D eigenvalue weighted by Gasteiger charge is 2.30. The third-order valence-electron chi connectivity index (χ3n) is 2.91. The average molecular weight is 280 g/mol. The van der Waals surface area contributed by atoms with E-state index in [-0.39, 0.29) is 11.2 Å². The Balaban J connectivity index is 1.86. The molecule has 0 bridgehead atoms. The van der Waals surface area contributed by atoms with Gasteiger partial charge in [-0.3, -0.25) is 4.79 Å². The van der Waals surface area contributed by atoms with Crippen LogP contribution in [0.15, 0.2) is 9.64 Å². The lowest BCUT2D eigenvalue weighted by Gasteiger charge is -2.18. The molecule has 19 heavy (non-hydrogen) atoms. The number of thioether (sulfide) groups is 1. The fraction of sp³-hybridized carbons (Fsp3) is 0.667. The molecule has 0 unspecified atom stereocenters. The van der Waals surface area contributed by atoms with Crippen molar-refractivity contribution in [3.05, 3.63) is 5.89 Å². The van der Waals surface area contributed by atoms with Gasteiger partial charge in [0.25, 0.3) is 5.22 Å². The predicted octanol–water partition coefficient (Wildman–Crippen LogP) is 1.80. The van der Waals surface area contributed by atoms with Crippen LogP contribution in [-0.2, 0) is 4.79 Å². The summed E-state index contributed by atoms with van der Waals surface area (Å²) in [5.41, 5.74) is 0. The van der Waals surface area contributed by atoms with E-state index >= 15 is 0 Å². The van der Waals surface area contributed by atoms with E-state index in [0.29, 0.717) is 30.0 Å². The van der Waals surface area contributed by atoms with Crippen molar-refractivity contribution in [3.8, 4) is 6.07 Å². The molecular formula is C12H16N4O2S. The van der Waals surface area contributed by atoms with E-state index in [1.54, 1.807) is 18.9 Å². The van der Waals surface area contributed by atoms with Crippen molar-refractivity contribution >= 4 is 17.7 Å². The molecule has 2 rings (SSSR count). The molecule has 1 amide bonds. The summed E-state index contributed by atoms with van der Waals surface area (Å²) in [6.45, 7) is 2.24. The molecule has 0 aromatic carbocycles. The number of rotatable bonds is 6. The molecule has 1 aromatic rings. The molecule has 6 nitrogen and oxygen atoms in total. The Kier molecular flexibility index (Phi) is 4.43. The van der Waals surface area contributed by atoms with Crippen molar-refractivity contribution in [1.82, 2.24) is 15.1 Å². The molecule has 0 spiro atoms. The van der Waals surface area contributed by atoms with Crippen molar-refractivity contribution in [1.29, 1.82) is 5.26 Å². The molecule has 0 N–H and O–H groups in total. The molecule has 0 saturated heterocycles. The first kappa shape index (κ1) is 13.9. The third-order valence-corrected chi connectivity index (χ3v) is 3.83. The van der Waals surface area contributed by atoms with Gasteiger partial charge in [-0.05, 0) is 19.8 Å². The monoisotopic (exact) mass is 280 g/mol. The summed E-state index contributed by atoms with van der Waals surface area (Å²) in [5, 5.41) is 16.6. The summed E-state index contributed by atoms with van der Waals surface area (Å²) in [4.78, 5) is 13.6. The van der Waals surface area contributed by atoms with E-state index in [1.807, 2.05) is 6.07 Å². The van der Waals surface area contributed by atoms with Gasteiger partial charge in [0.15, 0.2) is 0 Å². The van der Waals surface area contributed by atoms with E-state index < -0.39 is 0 Å². The number of nitriles is 1. The largest absolute Gasteiger partial charge is 0.416 e. The summed E-state index contributed by atoms with van der Waals surface area (Å²) < 4.78 is 5.51. The fourth-order valence-corrected chi connectivity index (χ4v) is 2.41. The van der Waals surface area contributed by atoms with Gasteiger partial charge in [-0.25, -0.2) is 0 Å². The van der Waals surface area contributed by atoms with Crippen LogP contribution in [0.4, 0.5) is 0 Å². The molecule has 0 radical (unpaired) electrons. The smallest absolute Gasteiger partial charge is 0.277 e. The Labute approximate surface area is 116 Å². The second-order valence-electron chi connectivity index (χ2n) is 4.61. The average Bonchev–Trinajstić information content (AvgIpc) is 3.16. The van der Waals surface area contributed by atoms with Crippen LogP contribution >= 0.6 is 11.8 Å². The molecule has 102 valence electrons. The van der Waals surface area contributed by atoms with Gasteiger partial charge >= 0.3 is 0 Å². The van der Waals surface area contributed by atoms with Gasteiger partial charge in [0.1, 0.15) is 0 Å². The minimum absolute atomic E-state index is 0.0357. The van der Waals surface area contributed by atoms with E-state index in [2.05, 4.69) is 10.2 Å². The topological polar surface area (TPSA) is 83.0 Å². The maximum atomic E-state index is 12.0. The van der Waals surface area contributed by atoms with Gasteiger partial charge in [0.2, 0.25) is 11.8 Å². The number of aromatic nitrogens is 2. The number of amides is 1. The van der Waals surface area contributed by atoms with Crippen molar-refractivity contribution in [2.45, 2.75) is 42.6 Å². The lowest BCUT2D eigenvalue weighted by Crippen LogP contribution is -2.33. The highest BCUT2D eigenvalue weighted by molar-refractivity contribution is 8.00. The first-order valence-electron chi connectivity index (χ1n) is 6.23. The SMILES string of the molecule is C[C@H](Sc1nnc(C2CC2)o1)C(=O)N(C)CCC#N. The Bertz CT molecular complexity index is 492. The first-order chi connectivity index (χ1) is 9.11. The second kappa shape index (κ2) is 6.06. The molecule has 7 heteroatoms. The molecule has 1 fully saturated rings. The Morgan fingerprint density at radius 1 is 1.63 bits per heavy atom. The van der Waals surface area contributed by atoms with E-state index in [1.165, 1.54) is 11.8 Å². The minimum Gasteiger partial charge on any atom is -0.416 e. The molecule has 1 saturated carbocycles. The second-order valence-corrected chi connectivity index (χ2v) is 5.90. The maximum absolute atomic E-state index is 12.0. The Morgan fingerprint density at radius 3 is 3.00 bits per heavy atom. The minimum atomic E-state index is -0.295. The highest BCUT2D eigenvalue weighted by atomic mass is 32.2. The summed E-state index contributed by atoms with van der Waals surface area (Å²) in [5.74, 6) is 1.07. The Morgan fingerprint density at radius 2 is 2.37 bits per heavy atom. The maximum Gasteiger partial charge on any atom is 0.277 e. The number of nitrogens with zero attached hydrogens (tertiary/aromatic N) is 4. The normalized spacial score (nSPS) is 15.8. The quantitative estimate of drug-likeness (QED) is 0.739. The van der Waals surface area contributed by atoms with Crippen LogP contribution in [0.5, 0.6) is 0 Å². The van der Waals surface area contributed by atoms with Crippen molar-refractivity contribution in [3.63, 3.8) is 0 Å². The zero-order valence-corrected chi connectivity index (χ0v) is 11.8. The molecule has 1 aliphatic rings. The van der Waals surface area contributed by atoms with Crippen LogP contribution in [0.25, 0.3) is 0 Å². The number of carbonyl (C=O) groups is 1. The van der Waals surface area contributed by atoms with E-state index in [0.717, 1.165) is 12.8 Å². The van der Waals surface area contributed by atoms with E-state index in [4.69, 9.17) is 9.68 Å². The van der Waals surface area contributed by atoms with Crippen LogP contribution in [0, 0.1) is 11.3 Å². The summed E-state index contributed by atoms with van der Waals surface area (Å²) >= 11 is 1.27. The van der Waals surface area contributed by atoms with Crippen LogP contribution in [0.3, 0.4) is 0 Å². The molecule has 1 atom stereocenters. The Hall–Kier alpha value is -1.55. The summed E-state index contributed by atoms with van der Waals surface area (Å²) in [6.07, 6.45) is 2.56. The van der Waals surface area contributed by atoms with Gasteiger partial charge in [-0.15, -0.1) is 10.2 Å². The van der Waals surface area contributed by atoms with Crippen molar-refractivity contribution in [2.24, 2.45) is 0 Å². The van der Waals surface area contributed by atoms with Crippen LogP contribution in [0.1, 0.15) is 38.0 Å². The lowest BCUT2D eigenvalue weighted by molar-refractivity contribution is -0.128. The third kappa shape index (κ3) is 3.70. The predicted molar refractivity (Wildman–Crippen MR) is 69.5 cm³/mol. The van der Waals surface area contributed by atoms with Gasteiger partial charge in [0, 0.05) is 19.5 Å². The number of hydrogen-bond donors (Lipinski definition) is 0. The molecule has 1 aliphatic carbocycles. The summed E-state index contributed by atoms with van der Waals surface area (Å²) in [7, 11) is 1.69. The highest BCUT2D eigenvalue weighted by Crippen LogP contribution is 2.40. The number of hydrogen-bond acceptors (Lipinski definition) is 6. The van der Waals surface area contributed by atoms with Crippen LogP contribution in [0.2, 0.25) is 0 Å². The lowest BCUT2D eigenvalue weighted by atomic mass is 10.3. The fourth-order valence-electron chi connectivity index (χ4n) is 1.60. The zero-order valence-electron chi connectivity index (χ0n) is 11.0.